The first kappa shape index (κ1) is 20.8. The summed E-state index contributed by atoms with van der Waals surface area (Å²) in [6.45, 7) is 2.17. The average Bonchev–Trinajstić information content (AvgIpc) is 2.70. The Labute approximate surface area is 176 Å². The Balaban J connectivity index is 2.22. The lowest BCUT2D eigenvalue weighted by atomic mass is 10.0. The van der Waals surface area contributed by atoms with Gasteiger partial charge in [-0.1, -0.05) is 29.3 Å². The van der Waals surface area contributed by atoms with E-state index in [1.165, 1.54) is 6.07 Å². The number of nitrogens with zero attached hydrogens (tertiary/aromatic N) is 1. The maximum Gasteiger partial charge on any atom is 0.341 e. The van der Waals surface area contributed by atoms with E-state index in [4.69, 9.17) is 32.7 Å². The zero-order valence-electron chi connectivity index (χ0n) is 15.6. The van der Waals surface area contributed by atoms with Crippen molar-refractivity contribution in [3.05, 3.63) is 74.4 Å². The number of rotatable bonds is 6. The molecule has 0 spiro atoms. The minimum absolute atomic E-state index is 0.189. The summed E-state index contributed by atoms with van der Waals surface area (Å²) >= 11 is 12.1. The molecule has 0 aliphatic heterocycles. The topological polar surface area (TPSA) is 77.8 Å². The molecule has 6 nitrogen and oxygen atoms in total. The third-order valence-electron chi connectivity index (χ3n) is 4.28. The Morgan fingerprint density at radius 3 is 2.24 bits per heavy atom. The average molecular weight is 434 g/mol. The van der Waals surface area contributed by atoms with Gasteiger partial charge in [-0.2, -0.15) is 0 Å². The van der Waals surface area contributed by atoms with Crippen molar-refractivity contribution in [2.45, 2.75) is 13.5 Å². The van der Waals surface area contributed by atoms with Crippen LogP contribution in [0.5, 0.6) is 17.4 Å². The van der Waals surface area contributed by atoms with Gasteiger partial charge in [0.2, 0.25) is 11.3 Å². The zero-order chi connectivity index (χ0) is 21.1. The lowest BCUT2D eigenvalue weighted by molar-refractivity contribution is 0.0695. The maximum absolute atomic E-state index is 12.6. The van der Waals surface area contributed by atoms with Gasteiger partial charge in [0.25, 0.3) is 0 Å². The molecule has 1 heterocycles. The largest absolute Gasteiger partial charge is 0.497 e. The van der Waals surface area contributed by atoms with Gasteiger partial charge in [-0.15, -0.1) is 0 Å². The highest BCUT2D eigenvalue weighted by molar-refractivity contribution is 6.42. The molecule has 0 atom stereocenters. The molecule has 0 bridgehead atoms. The van der Waals surface area contributed by atoms with Gasteiger partial charge in [-0.05, 0) is 43.3 Å². The van der Waals surface area contributed by atoms with Gasteiger partial charge in [0.15, 0.2) is 0 Å². The number of carboxylic acids is 1. The van der Waals surface area contributed by atoms with E-state index in [-0.39, 0.29) is 22.2 Å². The normalized spacial score (nSPS) is 10.6. The number of ether oxygens (including phenoxy) is 2. The highest BCUT2D eigenvalue weighted by Crippen LogP contribution is 2.33. The number of methoxy groups -OCH3 is 1. The predicted molar refractivity (Wildman–Crippen MR) is 112 cm³/mol. The van der Waals surface area contributed by atoms with E-state index in [0.29, 0.717) is 28.6 Å². The summed E-state index contributed by atoms with van der Waals surface area (Å²) < 4.78 is 12.6. The lowest BCUT2D eigenvalue weighted by Gasteiger charge is -2.20. The number of hydrogen-bond acceptors (Lipinski definition) is 4. The Bertz CT molecular complexity index is 1120. The van der Waals surface area contributed by atoms with Crippen LogP contribution in [0.2, 0.25) is 10.0 Å². The molecule has 0 aliphatic carbocycles. The fraction of sp³-hybridized carbons (Fsp3) is 0.143. The van der Waals surface area contributed by atoms with Gasteiger partial charge in [0.05, 0.1) is 22.8 Å². The fourth-order valence-electron chi connectivity index (χ4n) is 2.94. The van der Waals surface area contributed by atoms with E-state index >= 15 is 0 Å². The first-order chi connectivity index (χ1) is 13.8. The third-order valence-corrected chi connectivity index (χ3v) is 5.02. The summed E-state index contributed by atoms with van der Waals surface area (Å²) in [5.41, 5.74) is -0.412. The lowest BCUT2D eigenvalue weighted by Crippen LogP contribution is -2.21. The summed E-state index contributed by atoms with van der Waals surface area (Å²) in [4.78, 5) is 24.5. The Hall–Kier alpha value is -2.96. The van der Waals surface area contributed by atoms with Crippen molar-refractivity contribution in [1.82, 2.24) is 4.57 Å². The van der Waals surface area contributed by atoms with Crippen LogP contribution in [0.3, 0.4) is 0 Å². The Kier molecular flexibility index (Phi) is 6.15. The van der Waals surface area contributed by atoms with Crippen LogP contribution >= 0.6 is 23.2 Å². The second-order valence-electron chi connectivity index (χ2n) is 6.03. The van der Waals surface area contributed by atoms with Gasteiger partial charge >= 0.3 is 5.97 Å². The van der Waals surface area contributed by atoms with Crippen molar-refractivity contribution in [3.8, 4) is 28.6 Å². The molecule has 150 valence electrons. The smallest absolute Gasteiger partial charge is 0.341 e. The second-order valence-corrected chi connectivity index (χ2v) is 6.84. The molecule has 0 radical (unpaired) electrons. The zero-order valence-corrected chi connectivity index (χ0v) is 17.1. The van der Waals surface area contributed by atoms with Gasteiger partial charge in [-0.3, -0.25) is 4.79 Å². The van der Waals surface area contributed by atoms with E-state index in [2.05, 4.69) is 0 Å². The highest BCUT2D eigenvalue weighted by atomic mass is 35.5. The van der Waals surface area contributed by atoms with Crippen LogP contribution in [0, 0.1) is 0 Å². The molecule has 2 aromatic carbocycles. The quantitative estimate of drug-likeness (QED) is 0.567. The number of pyridine rings is 1. The molecule has 3 rings (SSSR count). The third kappa shape index (κ3) is 4.23. The van der Waals surface area contributed by atoms with Crippen molar-refractivity contribution >= 4 is 29.2 Å². The SMILES string of the molecule is CCn1c(Oc2ccc(OC)cc2)cc(=O)c(C(=O)O)c1-c1ccc(Cl)c(Cl)c1. The minimum Gasteiger partial charge on any atom is -0.497 e. The van der Waals surface area contributed by atoms with Crippen molar-refractivity contribution < 1.29 is 19.4 Å². The van der Waals surface area contributed by atoms with Crippen LogP contribution in [0.25, 0.3) is 11.3 Å². The molecule has 0 fully saturated rings. The predicted octanol–water partition coefficient (Wildman–Crippen LogP) is 5.34. The molecule has 1 aromatic heterocycles. The number of benzene rings is 2. The minimum atomic E-state index is -1.34. The van der Waals surface area contributed by atoms with Gasteiger partial charge < -0.3 is 19.1 Å². The molecule has 0 aliphatic rings. The number of carboxylic acid groups (broad SMARTS) is 1. The number of carbonyl (C=O) groups is 1. The first-order valence-corrected chi connectivity index (χ1v) is 9.39. The van der Waals surface area contributed by atoms with E-state index in [0.717, 1.165) is 6.07 Å². The maximum atomic E-state index is 12.6. The van der Waals surface area contributed by atoms with Gasteiger partial charge in [0, 0.05) is 18.2 Å². The van der Waals surface area contributed by atoms with Crippen molar-refractivity contribution in [2.24, 2.45) is 0 Å². The molecule has 29 heavy (non-hydrogen) atoms. The molecule has 0 saturated heterocycles. The molecule has 0 unspecified atom stereocenters. The molecule has 8 heteroatoms. The van der Waals surface area contributed by atoms with Gasteiger partial charge in [-0.25, -0.2) is 4.79 Å². The highest BCUT2D eigenvalue weighted by Gasteiger charge is 2.23. The number of hydrogen-bond donors (Lipinski definition) is 1. The van der Waals surface area contributed by atoms with Crippen molar-refractivity contribution in [1.29, 1.82) is 0 Å². The number of aromatic carboxylic acids is 1. The summed E-state index contributed by atoms with van der Waals surface area (Å²) in [6, 6.07) is 12.7. The van der Waals surface area contributed by atoms with E-state index < -0.39 is 11.4 Å². The summed E-state index contributed by atoms with van der Waals surface area (Å²) in [5, 5.41) is 10.2. The van der Waals surface area contributed by atoms with E-state index in [1.807, 2.05) is 6.92 Å². The molecule has 1 N–H and O–H groups in total. The molecule has 3 aromatic rings. The summed E-state index contributed by atoms with van der Waals surface area (Å²) in [7, 11) is 1.55. The van der Waals surface area contributed by atoms with Crippen LogP contribution in [0.15, 0.2) is 53.3 Å². The number of halogens is 2. The van der Waals surface area contributed by atoms with E-state index in [9.17, 15) is 14.7 Å². The van der Waals surface area contributed by atoms with E-state index in [1.54, 1.807) is 48.1 Å². The number of aromatic nitrogens is 1. The van der Waals surface area contributed by atoms with Crippen molar-refractivity contribution in [3.63, 3.8) is 0 Å². The molecule has 0 saturated carbocycles. The summed E-state index contributed by atoms with van der Waals surface area (Å²) in [5.74, 6) is -0.0125. The molecular formula is C21H17Cl2NO5. The second kappa shape index (κ2) is 8.59. The monoisotopic (exact) mass is 433 g/mol. The summed E-state index contributed by atoms with van der Waals surface area (Å²) in [6.07, 6.45) is 0. The van der Waals surface area contributed by atoms with Crippen LogP contribution in [-0.2, 0) is 6.54 Å². The van der Waals surface area contributed by atoms with Crippen LogP contribution in [0.4, 0.5) is 0 Å². The first-order valence-electron chi connectivity index (χ1n) is 8.64. The van der Waals surface area contributed by atoms with Crippen LogP contribution < -0.4 is 14.9 Å². The van der Waals surface area contributed by atoms with Crippen molar-refractivity contribution in [2.75, 3.05) is 7.11 Å². The Morgan fingerprint density at radius 2 is 1.69 bits per heavy atom. The van der Waals surface area contributed by atoms with Gasteiger partial charge in [0.1, 0.15) is 17.1 Å². The van der Waals surface area contributed by atoms with Crippen LogP contribution in [0.1, 0.15) is 17.3 Å². The molecule has 0 amide bonds. The Morgan fingerprint density at radius 1 is 1.03 bits per heavy atom. The standard InChI is InChI=1S/C21H17Cl2NO5/c1-3-24-18(29-14-7-5-13(28-2)6-8-14)11-17(25)19(21(26)27)20(24)12-4-9-15(22)16(23)10-12/h4-11H,3H2,1-2H3,(H,26,27). The molecular weight excluding hydrogens is 417 g/mol. The fourth-order valence-corrected chi connectivity index (χ4v) is 3.24. The van der Waals surface area contributed by atoms with Crippen LogP contribution in [-0.4, -0.2) is 22.8 Å².